The molecule has 0 aliphatic carbocycles. The van der Waals surface area contributed by atoms with Gasteiger partial charge < -0.3 is 19.9 Å². The number of fused-ring (bicyclic) bond motifs is 1. The summed E-state index contributed by atoms with van der Waals surface area (Å²) in [5, 5.41) is 2.73. The van der Waals surface area contributed by atoms with E-state index in [2.05, 4.69) is 10.3 Å². The number of anilines is 1. The largest absolute Gasteiger partial charge is 0.496 e. The lowest BCUT2D eigenvalue weighted by Gasteiger charge is -2.22. The first-order chi connectivity index (χ1) is 18.9. The third-order valence-electron chi connectivity index (χ3n) is 6.94. The van der Waals surface area contributed by atoms with Crippen LogP contribution < -0.4 is 19.9 Å². The topological polar surface area (TPSA) is 94.7 Å². The van der Waals surface area contributed by atoms with E-state index < -0.39 is 22.7 Å². The maximum Gasteiger partial charge on any atom is 0.256 e. The summed E-state index contributed by atoms with van der Waals surface area (Å²) >= 11 is 0. The summed E-state index contributed by atoms with van der Waals surface area (Å²) in [4.78, 5) is 31.1. The van der Waals surface area contributed by atoms with E-state index in [1.54, 1.807) is 35.5 Å². The smallest absolute Gasteiger partial charge is 0.256 e. The number of H-pyrrole nitrogens is 1. The van der Waals surface area contributed by atoms with Crippen LogP contribution in [0.1, 0.15) is 59.4 Å². The number of ether oxygens (including phenoxy) is 1. The molecule has 2 aromatic carbocycles. The highest BCUT2D eigenvalue weighted by atomic mass is 32.2. The van der Waals surface area contributed by atoms with E-state index in [9.17, 15) is 13.8 Å². The average Bonchev–Trinajstić information content (AvgIpc) is 3.23. The summed E-state index contributed by atoms with van der Waals surface area (Å²) in [6.07, 6.45) is 0. The van der Waals surface area contributed by atoms with Gasteiger partial charge in [-0.05, 0) is 81.9 Å². The summed E-state index contributed by atoms with van der Waals surface area (Å²) in [5.74, 6) is -0.525. The second-order valence-electron chi connectivity index (χ2n) is 10.8. The van der Waals surface area contributed by atoms with E-state index in [1.807, 2.05) is 45.8 Å². The van der Waals surface area contributed by atoms with Gasteiger partial charge in [0.2, 0.25) is 0 Å². The number of benzene rings is 2. The van der Waals surface area contributed by atoms with E-state index in [1.165, 1.54) is 13.2 Å². The fourth-order valence-electron chi connectivity index (χ4n) is 5.13. The fraction of sp³-hybridized carbons (Fsp3) is 0.400. The number of aromatic amines is 1. The quantitative estimate of drug-likeness (QED) is 0.397. The summed E-state index contributed by atoms with van der Waals surface area (Å²) in [6, 6.07) is 10.2. The first kappa shape index (κ1) is 29.5. The van der Waals surface area contributed by atoms with Crippen molar-refractivity contribution in [3.8, 4) is 16.9 Å². The van der Waals surface area contributed by atoms with Gasteiger partial charge in [0, 0.05) is 41.1 Å². The predicted molar refractivity (Wildman–Crippen MR) is 158 cm³/mol. The Bertz CT molecular complexity index is 1520. The molecule has 0 saturated carbocycles. The number of methoxy groups -OCH3 is 1. The molecule has 2 N–H and O–H groups in total. The van der Waals surface area contributed by atoms with Crippen molar-refractivity contribution in [3.05, 3.63) is 80.5 Å². The van der Waals surface area contributed by atoms with Crippen molar-refractivity contribution >= 4 is 22.6 Å². The molecule has 10 heteroatoms. The zero-order valence-electron chi connectivity index (χ0n) is 24.1. The number of pyridine rings is 1. The lowest BCUT2D eigenvalue weighted by Crippen LogP contribution is -2.29. The molecule has 0 spiro atoms. The van der Waals surface area contributed by atoms with Crippen molar-refractivity contribution in [2.24, 2.45) is 0 Å². The monoisotopic (exact) mass is 568 g/mol. The Kier molecular flexibility index (Phi) is 8.80. The number of halogens is 1. The second-order valence-corrected chi connectivity index (χ2v) is 12.7. The van der Waals surface area contributed by atoms with Crippen LogP contribution in [0.4, 0.5) is 10.1 Å². The van der Waals surface area contributed by atoms with Gasteiger partial charge in [0.05, 0.1) is 24.9 Å². The average molecular weight is 569 g/mol. The Morgan fingerprint density at radius 2 is 1.98 bits per heavy atom. The van der Waals surface area contributed by atoms with Crippen LogP contribution in [0.15, 0.2) is 41.2 Å². The molecule has 2 heterocycles. The van der Waals surface area contributed by atoms with Crippen molar-refractivity contribution in [3.63, 3.8) is 0 Å². The van der Waals surface area contributed by atoms with E-state index in [4.69, 9.17) is 4.74 Å². The van der Waals surface area contributed by atoms with Gasteiger partial charge in [-0.25, -0.2) is 8.60 Å². The Morgan fingerprint density at radius 1 is 1.25 bits per heavy atom. The Morgan fingerprint density at radius 3 is 2.62 bits per heavy atom. The molecule has 40 heavy (non-hydrogen) atoms. The molecule has 3 aromatic rings. The number of carbonyl (C=O) groups excluding carboxylic acids is 1. The molecular formula is C30H37FN4O4S. The minimum atomic E-state index is -1.34. The highest BCUT2D eigenvalue weighted by Gasteiger charge is 2.35. The van der Waals surface area contributed by atoms with Gasteiger partial charge in [-0.2, -0.15) is 0 Å². The number of aromatic nitrogens is 1. The fourth-order valence-corrected chi connectivity index (χ4v) is 6.35. The number of aryl methyl sites for hydroxylation is 1. The second kappa shape index (κ2) is 11.9. The molecule has 1 aromatic heterocycles. The molecule has 2 unspecified atom stereocenters. The van der Waals surface area contributed by atoms with E-state index in [0.29, 0.717) is 52.5 Å². The van der Waals surface area contributed by atoms with Crippen molar-refractivity contribution in [2.75, 3.05) is 32.1 Å². The first-order valence-corrected chi connectivity index (χ1v) is 14.4. The summed E-state index contributed by atoms with van der Waals surface area (Å²) in [7, 11) is 4.02. The number of nitrogens with one attached hydrogen (secondary N) is 2. The summed E-state index contributed by atoms with van der Waals surface area (Å²) < 4.78 is 35.7. The lowest BCUT2D eigenvalue weighted by atomic mass is 9.92. The van der Waals surface area contributed by atoms with Crippen LogP contribution in [0.3, 0.4) is 0 Å². The SMILES string of the molecule is COc1cc(C)[nH]c(=O)c1CNC(=O)c1cc(-c2cc(CN(C)C)ccc2F)cc2c1C(C)CN2S(=O)C(C)C. The van der Waals surface area contributed by atoms with Crippen LogP contribution in [-0.4, -0.2) is 53.0 Å². The molecule has 214 valence electrons. The number of carbonyl (C=O) groups is 1. The molecule has 1 amide bonds. The highest BCUT2D eigenvalue weighted by Crippen LogP contribution is 2.43. The van der Waals surface area contributed by atoms with Crippen LogP contribution in [0, 0.1) is 12.7 Å². The van der Waals surface area contributed by atoms with E-state index in [0.717, 1.165) is 11.1 Å². The minimum absolute atomic E-state index is 0.0562. The molecular weight excluding hydrogens is 531 g/mol. The molecule has 1 aliphatic heterocycles. The normalized spacial score (nSPS) is 15.4. The van der Waals surface area contributed by atoms with Crippen LogP contribution >= 0.6 is 0 Å². The number of rotatable bonds is 9. The maximum absolute atomic E-state index is 15.2. The molecule has 0 radical (unpaired) electrons. The van der Waals surface area contributed by atoms with Gasteiger partial charge >= 0.3 is 0 Å². The zero-order chi connectivity index (χ0) is 29.3. The van der Waals surface area contributed by atoms with Gasteiger partial charge in [-0.15, -0.1) is 0 Å². The summed E-state index contributed by atoms with van der Waals surface area (Å²) in [5.41, 5.74) is 4.19. The van der Waals surface area contributed by atoms with Gasteiger partial charge in [-0.3, -0.25) is 13.9 Å². The van der Waals surface area contributed by atoms with Crippen LogP contribution in [0.25, 0.3) is 11.1 Å². The molecule has 2 atom stereocenters. The van der Waals surface area contributed by atoms with Crippen LogP contribution in [0.5, 0.6) is 5.75 Å². The van der Waals surface area contributed by atoms with Crippen LogP contribution in [-0.2, 0) is 24.1 Å². The van der Waals surface area contributed by atoms with Crippen LogP contribution in [0.2, 0.25) is 0 Å². The number of nitrogens with zero attached hydrogens (tertiary/aromatic N) is 2. The standard InChI is InChI=1S/C30H37FN4O4S/c1-17(2)40(38)35-15-18(3)28-23(29(36)32-14-24-27(39-7)10-19(4)33-30(24)37)12-21(13-26(28)35)22-11-20(16-34(5)6)8-9-25(22)31/h8-13,17-18H,14-16H2,1-7H3,(H,32,36)(H,33,37). The number of hydrogen-bond acceptors (Lipinski definition) is 5. The van der Waals surface area contributed by atoms with E-state index >= 15 is 4.39 Å². The molecule has 1 aliphatic rings. The van der Waals surface area contributed by atoms with Gasteiger partial charge in [0.25, 0.3) is 11.5 Å². The molecule has 4 rings (SSSR count). The third-order valence-corrected chi connectivity index (χ3v) is 8.53. The molecule has 0 bridgehead atoms. The molecule has 0 fully saturated rings. The van der Waals surface area contributed by atoms with Crippen molar-refractivity contribution in [2.45, 2.75) is 52.0 Å². The predicted octanol–water partition coefficient (Wildman–Crippen LogP) is 4.49. The summed E-state index contributed by atoms with van der Waals surface area (Å²) in [6.45, 7) is 8.54. The Balaban J connectivity index is 1.82. The third kappa shape index (κ3) is 5.97. The maximum atomic E-state index is 15.2. The Labute approximate surface area is 237 Å². The van der Waals surface area contributed by atoms with Gasteiger partial charge in [0.1, 0.15) is 22.6 Å². The minimum Gasteiger partial charge on any atom is -0.496 e. The van der Waals surface area contributed by atoms with E-state index in [-0.39, 0.29) is 23.3 Å². The van der Waals surface area contributed by atoms with Gasteiger partial charge in [-0.1, -0.05) is 13.0 Å². The number of amides is 1. The Hall–Kier alpha value is -3.50. The van der Waals surface area contributed by atoms with Crippen molar-refractivity contribution < 1.29 is 18.1 Å². The first-order valence-electron chi connectivity index (χ1n) is 13.3. The van der Waals surface area contributed by atoms with Gasteiger partial charge in [0.15, 0.2) is 0 Å². The highest BCUT2D eigenvalue weighted by molar-refractivity contribution is 7.87. The molecule has 0 saturated heterocycles. The zero-order valence-corrected chi connectivity index (χ0v) is 24.9. The number of hydrogen-bond donors (Lipinski definition) is 2. The molecule has 8 nitrogen and oxygen atoms in total. The van der Waals surface area contributed by atoms with Crippen molar-refractivity contribution in [1.82, 2.24) is 15.2 Å². The lowest BCUT2D eigenvalue weighted by molar-refractivity contribution is 0.0949. The van der Waals surface area contributed by atoms with Crippen molar-refractivity contribution in [1.29, 1.82) is 0 Å².